The minimum atomic E-state index is -0.373. The van der Waals surface area contributed by atoms with Crippen molar-refractivity contribution in [2.75, 3.05) is 5.73 Å². The van der Waals surface area contributed by atoms with Crippen LogP contribution in [0.25, 0.3) is 11.3 Å². The largest absolute Gasteiger partial charge is 0.375 e. The number of hydrogen-bond donors (Lipinski definition) is 1. The molecule has 1 aromatic carbocycles. The fourth-order valence-electron chi connectivity index (χ4n) is 2.67. The summed E-state index contributed by atoms with van der Waals surface area (Å²) < 4.78 is 2.13. The van der Waals surface area contributed by atoms with Gasteiger partial charge in [-0.1, -0.05) is 12.1 Å². The van der Waals surface area contributed by atoms with Crippen LogP contribution >= 0.6 is 11.3 Å². The summed E-state index contributed by atoms with van der Waals surface area (Å²) in [5.74, 6) is 0. The number of nitrogens with two attached hydrogens (primary N) is 1. The standard InChI is InChI=1S/C16H16N4O2S/c1-10-6-14(15-9-23-16(17)18-15)11(2)19(10)8-12-4-3-5-13(7-12)20(21)22/h3-7,9H,8H2,1-2H3,(H2,17,18). The van der Waals surface area contributed by atoms with Gasteiger partial charge in [0.1, 0.15) is 0 Å². The van der Waals surface area contributed by atoms with Gasteiger partial charge in [-0.25, -0.2) is 4.98 Å². The van der Waals surface area contributed by atoms with E-state index in [0.29, 0.717) is 11.7 Å². The molecule has 0 aliphatic carbocycles. The summed E-state index contributed by atoms with van der Waals surface area (Å²) >= 11 is 1.41. The highest BCUT2D eigenvalue weighted by Crippen LogP contribution is 2.29. The Morgan fingerprint density at radius 2 is 2.13 bits per heavy atom. The number of aryl methyl sites for hydroxylation is 1. The molecule has 0 spiro atoms. The van der Waals surface area contributed by atoms with E-state index in [0.717, 1.165) is 28.2 Å². The third-order valence-corrected chi connectivity index (χ3v) is 4.51. The number of rotatable bonds is 4. The SMILES string of the molecule is Cc1cc(-c2csc(N)n2)c(C)n1Cc1cccc([N+](=O)[O-])c1. The van der Waals surface area contributed by atoms with E-state index in [4.69, 9.17) is 5.73 Å². The van der Waals surface area contributed by atoms with E-state index in [1.165, 1.54) is 17.4 Å². The van der Waals surface area contributed by atoms with E-state index < -0.39 is 0 Å². The fourth-order valence-corrected chi connectivity index (χ4v) is 3.23. The molecule has 6 nitrogen and oxygen atoms in total. The monoisotopic (exact) mass is 328 g/mol. The van der Waals surface area contributed by atoms with Gasteiger partial charge >= 0.3 is 0 Å². The van der Waals surface area contributed by atoms with Crippen LogP contribution in [0.15, 0.2) is 35.7 Å². The molecule has 0 radical (unpaired) electrons. The van der Waals surface area contributed by atoms with Crippen LogP contribution in [0.4, 0.5) is 10.8 Å². The van der Waals surface area contributed by atoms with Crippen LogP contribution in [0.3, 0.4) is 0 Å². The molecule has 3 rings (SSSR count). The van der Waals surface area contributed by atoms with E-state index in [1.54, 1.807) is 12.1 Å². The molecule has 0 atom stereocenters. The Bertz CT molecular complexity index is 882. The van der Waals surface area contributed by atoms with Crippen LogP contribution in [-0.2, 0) is 6.54 Å². The number of nitrogen functional groups attached to an aromatic ring is 1. The average Bonchev–Trinajstić information content (AvgIpc) is 3.06. The second-order valence-electron chi connectivity index (χ2n) is 5.37. The van der Waals surface area contributed by atoms with Crippen LogP contribution in [0.1, 0.15) is 17.0 Å². The van der Waals surface area contributed by atoms with Crippen LogP contribution < -0.4 is 5.73 Å². The zero-order chi connectivity index (χ0) is 16.6. The van der Waals surface area contributed by atoms with Crippen molar-refractivity contribution in [3.63, 3.8) is 0 Å². The maximum absolute atomic E-state index is 10.9. The predicted octanol–water partition coefficient (Wildman–Crippen LogP) is 3.77. The number of aromatic nitrogens is 2. The van der Waals surface area contributed by atoms with Gasteiger partial charge in [-0.3, -0.25) is 10.1 Å². The normalized spacial score (nSPS) is 10.9. The minimum Gasteiger partial charge on any atom is -0.375 e. The minimum absolute atomic E-state index is 0.109. The lowest BCUT2D eigenvalue weighted by atomic mass is 10.2. The lowest BCUT2D eigenvalue weighted by molar-refractivity contribution is -0.384. The molecule has 0 unspecified atom stereocenters. The van der Waals surface area contributed by atoms with Gasteiger partial charge in [-0.15, -0.1) is 11.3 Å². The van der Waals surface area contributed by atoms with Crippen molar-refractivity contribution in [2.45, 2.75) is 20.4 Å². The Kier molecular flexibility index (Phi) is 3.87. The zero-order valence-electron chi connectivity index (χ0n) is 12.8. The molecule has 2 aromatic heterocycles. The summed E-state index contributed by atoms with van der Waals surface area (Å²) in [6.45, 7) is 4.62. The Balaban J connectivity index is 1.96. The van der Waals surface area contributed by atoms with Gasteiger partial charge in [0.15, 0.2) is 5.13 Å². The highest BCUT2D eigenvalue weighted by atomic mass is 32.1. The molecule has 0 fully saturated rings. The van der Waals surface area contributed by atoms with Crippen LogP contribution in [0, 0.1) is 24.0 Å². The molecule has 0 bridgehead atoms. The van der Waals surface area contributed by atoms with Crippen molar-refractivity contribution in [2.24, 2.45) is 0 Å². The van der Waals surface area contributed by atoms with E-state index in [-0.39, 0.29) is 10.6 Å². The average molecular weight is 328 g/mol. The van der Waals surface area contributed by atoms with Crippen molar-refractivity contribution in [3.05, 3.63) is 62.8 Å². The number of benzene rings is 1. The Morgan fingerprint density at radius 1 is 1.35 bits per heavy atom. The molecule has 3 aromatic rings. The molecular weight excluding hydrogens is 312 g/mol. The maximum atomic E-state index is 10.9. The van der Waals surface area contributed by atoms with Crippen molar-refractivity contribution in [3.8, 4) is 11.3 Å². The number of hydrogen-bond acceptors (Lipinski definition) is 5. The van der Waals surface area contributed by atoms with E-state index in [1.807, 2.05) is 25.3 Å². The number of anilines is 1. The summed E-state index contributed by atoms with van der Waals surface area (Å²) in [6.07, 6.45) is 0. The quantitative estimate of drug-likeness (QED) is 0.583. The summed E-state index contributed by atoms with van der Waals surface area (Å²) in [4.78, 5) is 14.9. The van der Waals surface area contributed by atoms with E-state index in [2.05, 4.69) is 15.6 Å². The summed E-state index contributed by atoms with van der Waals surface area (Å²) in [7, 11) is 0. The summed E-state index contributed by atoms with van der Waals surface area (Å²) in [6, 6.07) is 8.79. The van der Waals surface area contributed by atoms with Gasteiger partial charge in [0.2, 0.25) is 0 Å². The third kappa shape index (κ3) is 2.95. The van der Waals surface area contributed by atoms with Crippen molar-refractivity contribution in [1.29, 1.82) is 0 Å². The molecule has 0 saturated carbocycles. The Labute approximate surface area is 137 Å². The Morgan fingerprint density at radius 3 is 2.78 bits per heavy atom. The second-order valence-corrected chi connectivity index (χ2v) is 6.26. The fraction of sp³-hybridized carbons (Fsp3) is 0.188. The molecule has 0 aliphatic rings. The zero-order valence-corrected chi connectivity index (χ0v) is 13.6. The Hall–Kier alpha value is -2.67. The van der Waals surface area contributed by atoms with Crippen LogP contribution in [0.5, 0.6) is 0 Å². The molecule has 7 heteroatoms. The van der Waals surface area contributed by atoms with Gasteiger partial charge < -0.3 is 10.3 Å². The number of nitro groups is 1. The predicted molar refractivity (Wildman–Crippen MR) is 91.6 cm³/mol. The number of nitrogens with zero attached hydrogens (tertiary/aromatic N) is 3. The summed E-state index contributed by atoms with van der Waals surface area (Å²) in [5, 5.41) is 13.4. The highest BCUT2D eigenvalue weighted by Gasteiger charge is 2.14. The van der Waals surface area contributed by atoms with Gasteiger partial charge in [-0.2, -0.15) is 0 Å². The molecule has 0 aliphatic heterocycles. The number of thiazole rings is 1. The second kappa shape index (κ2) is 5.85. The van der Waals surface area contributed by atoms with E-state index in [9.17, 15) is 10.1 Å². The molecule has 0 amide bonds. The van der Waals surface area contributed by atoms with Crippen LogP contribution in [-0.4, -0.2) is 14.5 Å². The molecule has 2 N–H and O–H groups in total. The van der Waals surface area contributed by atoms with Crippen LogP contribution in [0.2, 0.25) is 0 Å². The lowest BCUT2D eigenvalue weighted by Crippen LogP contribution is -2.04. The van der Waals surface area contributed by atoms with E-state index >= 15 is 0 Å². The molecule has 23 heavy (non-hydrogen) atoms. The first kappa shape index (κ1) is 15.2. The van der Waals surface area contributed by atoms with Gasteiger partial charge in [0.05, 0.1) is 10.6 Å². The van der Waals surface area contributed by atoms with Crippen molar-refractivity contribution >= 4 is 22.2 Å². The summed E-state index contributed by atoms with van der Waals surface area (Å²) in [5.41, 5.74) is 10.8. The smallest absolute Gasteiger partial charge is 0.269 e. The number of non-ortho nitro benzene ring substituents is 1. The van der Waals surface area contributed by atoms with Gasteiger partial charge in [-0.05, 0) is 25.5 Å². The number of nitro benzene ring substituents is 1. The first-order valence-electron chi connectivity index (χ1n) is 7.07. The molecule has 118 valence electrons. The third-order valence-electron chi connectivity index (χ3n) is 3.83. The molecule has 0 saturated heterocycles. The molecule has 2 heterocycles. The van der Waals surface area contributed by atoms with Gasteiger partial charge in [0, 0.05) is 41.0 Å². The molecular formula is C16H16N4O2S. The van der Waals surface area contributed by atoms with Crippen molar-refractivity contribution < 1.29 is 4.92 Å². The van der Waals surface area contributed by atoms with Gasteiger partial charge in [0.25, 0.3) is 5.69 Å². The topological polar surface area (TPSA) is 87.0 Å². The first-order valence-corrected chi connectivity index (χ1v) is 7.95. The highest BCUT2D eigenvalue weighted by molar-refractivity contribution is 7.13. The lowest BCUT2D eigenvalue weighted by Gasteiger charge is -2.10. The maximum Gasteiger partial charge on any atom is 0.269 e. The van der Waals surface area contributed by atoms with Crippen molar-refractivity contribution in [1.82, 2.24) is 9.55 Å². The first-order chi connectivity index (χ1) is 11.0.